The monoisotopic (exact) mass is 358 g/mol. The van der Waals surface area contributed by atoms with Crippen LogP contribution in [0.2, 0.25) is 0 Å². The molecule has 0 unspecified atom stereocenters. The Morgan fingerprint density at radius 3 is 2.77 bits per heavy atom. The number of methoxy groups -OCH3 is 1. The molecule has 0 aliphatic heterocycles. The molecule has 0 bridgehead atoms. The molecule has 0 spiro atoms. The molecule has 138 valence electrons. The summed E-state index contributed by atoms with van der Waals surface area (Å²) in [5.74, 6) is -0.378. The first-order chi connectivity index (χ1) is 12.4. The molecule has 8 nitrogen and oxygen atoms in total. The Balaban J connectivity index is 2.42. The van der Waals surface area contributed by atoms with Gasteiger partial charge in [0.1, 0.15) is 11.2 Å². The van der Waals surface area contributed by atoms with Crippen LogP contribution in [0.1, 0.15) is 24.2 Å². The topological polar surface area (TPSA) is 98.8 Å². The molecule has 0 atom stereocenters. The lowest BCUT2D eigenvalue weighted by atomic mass is 10.1. The van der Waals surface area contributed by atoms with Crippen molar-refractivity contribution in [1.82, 2.24) is 4.57 Å². The van der Waals surface area contributed by atoms with Crippen LogP contribution in [-0.4, -0.2) is 41.7 Å². The van der Waals surface area contributed by atoms with E-state index in [-0.39, 0.29) is 23.2 Å². The second kappa shape index (κ2) is 8.91. The fourth-order valence-corrected chi connectivity index (χ4v) is 2.37. The third kappa shape index (κ3) is 4.76. The SMILES string of the molecule is COCCNc1ccc(C(=O)n2ccccc2=NC(C)C)cc1[N+](=O)[O-]. The number of ether oxygens (including phenoxy) is 1. The van der Waals surface area contributed by atoms with Crippen LogP contribution >= 0.6 is 0 Å². The standard InChI is InChI=1S/C18H22N4O4/c1-13(2)20-17-6-4-5-10-21(17)18(23)14-7-8-15(19-9-11-26-3)16(12-14)22(24)25/h4-8,10,12-13,19H,9,11H2,1-3H3. The minimum absolute atomic E-state index is 0.0122. The van der Waals surface area contributed by atoms with E-state index in [0.717, 1.165) is 0 Å². The van der Waals surface area contributed by atoms with E-state index in [9.17, 15) is 14.9 Å². The molecule has 26 heavy (non-hydrogen) atoms. The largest absolute Gasteiger partial charge is 0.383 e. The van der Waals surface area contributed by atoms with Gasteiger partial charge in [-0.05, 0) is 38.1 Å². The van der Waals surface area contributed by atoms with Crippen molar-refractivity contribution in [3.8, 4) is 0 Å². The average Bonchev–Trinajstić information content (AvgIpc) is 2.61. The van der Waals surface area contributed by atoms with Gasteiger partial charge in [0.15, 0.2) is 0 Å². The van der Waals surface area contributed by atoms with E-state index in [1.165, 1.54) is 16.7 Å². The fourth-order valence-electron chi connectivity index (χ4n) is 2.37. The number of aromatic nitrogens is 1. The summed E-state index contributed by atoms with van der Waals surface area (Å²) >= 11 is 0. The zero-order chi connectivity index (χ0) is 19.1. The molecule has 1 aromatic carbocycles. The number of pyridine rings is 1. The Labute approximate surface area is 151 Å². The zero-order valence-corrected chi connectivity index (χ0v) is 15.0. The average molecular weight is 358 g/mol. The fraction of sp³-hybridized carbons (Fsp3) is 0.333. The van der Waals surface area contributed by atoms with Gasteiger partial charge < -0.3 is 10.1 Å². The van der Waals surface area contributed by atoms with Crippen molar-refractivity contribution >= 4 is 17.3 Å². The highest BCUT2D eigenvalue weighted by Crippen LogP contribution is 2.25. The minimum atomic E-state index is -0.513. The summed E-state index contributed by atoms with van der Waals surface area (Å²) in [6.07, 6.45) is 1.60. The van der Waals surface area contributed by atoms with E-state index in [1.54, 1.807) is 37.6 Å². The predicted molar refractivity (Wildman–Crippen MR) is 98.3 cm³/mol. The van der Waals surface area contributed by atoms with Crippen LogP contribution in [-0.2, 0) is 4.74 Å². The summed E-state index contributed by atoms with van der Waals surface area (Å²) in [7, 11) is 1.55. The summed E-state index contributed by atoms with van der Waals surface area (Å²) in [4.78, 5) is 28.1. The maximum Gasteiger partial charge on any atom is 0.293 e. The molecule has 1 N–H and O–H groups in total. The Morgan fingerprint density at radius 1 is 1.35 bits per heavy atom. The normalized spacial score (nSPS) is 11.6. The van der Waals surface area contributed by atoms with Crippen molar-refractivity contribution in [2.75, 3.05) is 25.6 Å². The molecule has 1 heterocycles. The van der Waals surface area contributed by atoms with Crippen LogP contribution < -0.4 is 10.8 Å². The number of nitro groups is 1. The number of nitrogens with zero attached hydrogens (tertiary/aromatic N) is 3. The van der Waals surface area contributed by atoms with Crippen molar-refractivity contribution in [3.05, 3.63) is 63.8 Å². The molecule has 1 aromatic heterocycles. The molecule has 2 rings (SSSR count). The first kappa shape index (κ1) is 19.3. The van der Waals surface area contributed by atoms with Gasteiger partial charge in [0.2, 0.25) is 0 Å². The van der Waals surface area contributed by atoms with Gasteiger partial charge in [-0.1, -0.05) is 6.07 Å². The predicted octanol–water partition coefficient (Wildman–Crippen LogP) is 2.45. The van der Waals surface area contributed by atoms with Gasteiger partial charge in [-0.25, -0.2) is 0 Å². The number of hydrogen-bond acceptors (Lipinski definition) is 6. The van der Waals surface area contributed by atoms with E-state index in [0.29, 0.717) is 24.3 Å². The third-order valence-corrected chi connectivity index (χ3v) is 3.51. The number of carbonyl (C=O) groups excluding carboxylic acids is 1. The lowest BCUT2D eigenvalue weighted by Crippen LogP contribution is -2.28. The van der Waals surface area contributed by atoms with Crippen LogP contribution in [0.5, 0.6) is 0 Å². The maximum absolute atomic E-state index is 12.8. The minimum Gasteiger partial charge on any atom is -0.383 e. The first-order valence-corrected chi connectivity index (χ1v) is 8.21. The highest BCUT2D eigenvalue weighted by molar-refractivity contribution is 5.97. The van der Waals surface area contributed by atoms with Crippen LogP contribution in [0.25, 0.3) is 0 Å². The van der Waals surface area contributed by atoms with Crippen molar-refractivity contribution < 1.29 is 14.5 Å². The third-order valence-electron chi connectivity index (χ3n) is 3.51. The number of hydrogen-bond donors (Lipinski definition) is 1. The van der Waals surface area contributed by atoms with E-state index in [2.05, 4.69) is 10.3 Å². The highest BCUT2D eigenvalue weighted by Gasteiger charge is 2.18. The number of rotatable bonds is 7. The molecule has 8 heteroatoms. The van der Waals surface area contributed by atoms with E-state index in [1.807, 2.05) is 13.8 Å². The van der Waals surface area contributed by atoms with Gasteiger partial charge in [0.25, 0.3) is 11.6 Å². The summed E-state index contributed by atoms with van der Waals surface area (Å²) in [5.41, 5.74) is 0.891. The molecule has 0 amide bonds. The Hall–Kier alpha value is -3.00. The van der Waals surface area contributed by atoms with Gasteiger partial charge in [-0.15, -0.1) is 0 Å². The van der Waals surface area contributed by atoms with Gasteiger partial charge in [-0.3, -0.25) is 24.5 Å². The number of carbonyl (C=O) groups is 1. The molecule has 0 aliphatic rings. The maximum atomic E-state index is 12.8. The Kier molecular flexibility index (Phi) is 6.62. The number of benzene rings is 1. The smallest absolute Gasteiger partial charge is 0.293 e. The molecule has 0 radical (unpaired) electrons. The van der Waals surface area contributed by atoms with Gasteiger partial charge >= 0.3 is 0 Å². The lowest BCUT2D eigenvalue weighted by Gasteiger charge is -2.10. The van der Waals surface area contributed by atoms with Gasteiger partial charge in [-0.2, -0.15) is 0 Å². The molecule has 2 aromatic rings. The molecule has 0 aliphatic carbocycles. The lowest BCUT2D eigenvalue weighted by molar-refractivity contribution is -0.384. The Bertz CT molecular complexity index is 858. The summed E-state index contributed by atoms with van der Waals surface area (Å²) in [5, 5.41) is 14.3. The zero-order valence-electron chi connectivity index (χ0n) is 15.0. The van der Waals surface area contributed by atoms with Crippen molar-refractivity contribution in [3.63, 3.8) is 0 Å². The second-order valence-electron chi connectivity index (χ2n) is 5.87. The quantitative estimate of drug-likeness (QED) is 0.466. The van der Waals surface area contributed by atoms with E-state index >= 15 is 0 Å². The molecular weight excluding hydrogens is 336 g/mol. The summed E-state index contributed by atoms with van der Waals surface area (Å²) < 4.78 is 6.31. The summed E-state index contributed by atoms with van der Waals surface area (Å²) in [6.45, 7) is 4.66. The van der Waals surface area contributed by atoms with Crippen molar-refractivity contribution in [1.29, 1.82) is 0 Å². The van der Waals surface area contributed by atoms with Gasteiger partial charge in [0.05, 0.1) is 11.5 Å². The second-order valence-corrected chi connectivity index (χ2v) is 5.87. The first-order valence-electron chi connectivity index (χ1n) is 8.21. The Morgan fingerprint density at radius 2 is 2.12 bits per heavy atom. The molecule has 0 saturated carbocycles. The number of nitrogens with one attached hydrogen (secondary N) is 1. The molecule has 0 saturated heterocycles. The summed E-state index contributed by atoms with van der Waals surface area (Å²) in [6, 6.07) is 9.61. The molecule has 0 fully saturated rings. The van der Waals surface area contributed by atoms with Gasteiger partial charge in [0, 0.05) is 37.5 Å². The van der Waals surface area contributed by atoms with Crippen molar-refractivity contribution in [2.24, 2.45) is 4.99 Å². The number of nitro benzene ring substituents is 1. The van der Waals surface area contributed by atoms with Crippen LogP contribution in [0.4, 0.5) is 11.4 Å². The molecular formula is C18H22N4O4. The van der Waals surface area contributed by atoms with E-state index in [4.69, 9.17) is 4.74 Å². The van der Waals surface area contributed by atoms with Crippen LogP contribution in [0, 0.1) is 10.1 Å². The highest BCUT2D eigenvalue weighted by atomic mass is 16.6. The van der Waals surface area contributed by atoms with Crippen LogP contribution in [0.15, 0.2) is 47.6 Å². The van der Waals surface area contributed by atoms with Crippen LogP contribution in [0.3, 0.4) is 0 Å². The number of anilines is 1. The van der Waals surface area contributed by atoms with E-state index < -0.39 is 4.92 Å². The van der Waals surface area contributed by atoms with Crippen molar-refractivity contribution in [2.45, 2.75) is 19.9 Å².